The summed E-state index contributed by atoms with van der Waals surface area (Å²) in [5, 5.41) is 2.63. The minimum Gasteiger partial charge on any atom is -0.497 e. The van der Waals surface area contributed by atoms with Gasteiger partial charge in [-0.15, -0.1) is 0 Å². The summed E-state index contributed by atoms with van der Waals surface area (Å²) < 4.78 is 24.2. The van der Waals surface area contributed by atoms with Gasteiger partial charge >= 0.3 is 0 Å². The van der Waals surface area contributed by atoms with E-state index < -0.39 is 0 Å². The highest BCUT2D eigenvalue weighted by Gasteiger charge is 2.33. The van der Waals surface area contributed by atoms with Gasteiger partial charge in [-0.05, 0) is 72.3 Å². The smallest absolute Gasteiger partial charge is 0.270 e. The Hall–Kier alpha value is -3.69. The Kier molecular flexibility index (Phi) is 7.24. The number of carbonyl (C=O) groups is 2. The molecule has 4 rings (SSSR count). The molecule has 1 N–H and O–H groups in total. The highest BCUT2D eigenvalue weighted by molar-refractivity contribution is 8.27. The second-order valence-corrected chi connectivity index (χ2v) is 8.81. The number of methoxy groups -OCH3 is 1. The summed E-state index contributed by atoms with van der Waals surface area (Å²) in [7, 11) is 1.58. The summed E-state index contributed by atoms with van der Waals surface area (Å²) in [6.45, 7) is -0.222. The van der Waals surface area contributed by atoms with E-state index in [-0.39, 0.29) is 24.2 Å². The molecule has 2 amide bonds. The lowest BCUT2D eigenvalue weighted by molar-refractivity contribution is -0.118. The minimum atomic E-state index is -0.382. The maximum absolute atomic E-state index is 13.0. The van der Waals surface area contributed by atoms with Gasteiger partial charge in [-0.3, -0.25) is 14.5 Å². The molecule has 172 valence electrons. The normalized spacial score (nSPS) is 14.4. The molecule has 0 unspecified atom stereocenters. The third-order valence-corrected chi connectivity index (χ3v) is 6.08. The van der Waals surface area contributed by atoms with Crippen molar-refractivity contribution in [2.75, 3.05) is 23.9 Å². The summed E-state index contributed by atoms with van der Waals surface area (Å²) in [5.74, 6) is 0.177. The number of hydrogen-bond donors (Lipinski definition) is 1. The molecule has 0 atom stereocenters. The van der Waals surface area contributed by atoms with Crippen LogP contribution in [-0.2, 0) is 9.59 Å². The van der Waals surface area contributed by atoms with E-state index in [4.69, 9.17) is 21.7 Å². The van der Waals surface area contributed by atoms with Crippen molar-refractivity contribution in [3.05, 3.63) is 89.1 Å². The van der Waals surface area contributed by atoms with Crippen molar-refractivity contribution in [2.45, 2.75) is 0 Å². The Balaban J connectivity index is 1.41. The Morgan fingerprint density at radius 2 is 1.82 bits per heavy atom. The molecule has 1 saturated heterocycles. The van der Waals surface area contributed by atoms with E-state index in [9.17, 15) is 14.0 Å². The average molecular weight is 495 g/mol. The number of amides is 2. The molecule has 0 radical (unpaired) electrons. The number of hydrogen-bond acceptors (Lipinski definition) is 6. The number of nitrogens with one attached hydrogen (secondary N) is 1. The minimum absolute atomic E-state index is 0.217. The Morgan fingerprint density at radius 3 is 2.53 bits per heavy atom. The SMILES string of the molecule is COc1ccc(N2C(=O)/C(=C/c3cccc(OCC(=O)Nc4ccc(F)cc4)c3)SC2=S)cc1. The van der Waals surface area contributed by atoms with Crippen LogP contribution in [0.4, 0.5) is 15.8 Å². The maximum Gasteiger partial charge on any atom is 0.270 e. The second-order valence-electron chi connectivity index (χ2n) is 7.13. The average Bonchev–Trinajstić information content (AvgIpc) is 3.12. The van der Waals surface area contributed by atoms with Crippen LogP contribution in [0.2, 0.25) is 0 Å². The van der Waals surface area contributed by atoms with Gasteiger partial charge < -0.3 is 14.8 Å². The number of thiocarbonyl (C=S) groups is 1. The van der Waals surface area contributed by atoms with Gasteiger partial charge in [-0.25, -0.2) is 4.39 Å². The lowest BCUT2D eigenvalue weighted by Crippen LogP contribution is -2.27. The van der Waals surface area contributed by atoms with E-state index in [0.717, 1.165) is 5.56 Å². The number of thioether (sulfide) groups is 1. The molecular formula is C25H19FN2O4S2. The number of benzene rings is 3. The molecule has 1 fully saturated rings. The van der Waals surface area contributed by atoms with E-state index in [0.29, 0.717) is 32.1 Å². The number of carbonyl (C=O) groups excluding carboxylic acids is 2. The fourth-order valence-electron chi connectivity index (χ4n) is 3.15. The summed E-state index contributed by atoms with van der Waals surface area (Å²) in [6, 6.07) is 19.6. The quantitative estimate of drug-likeness (QED) is 0.357. The molecule has 0 aromatic heterocycles. The molecular weight excluding hydrogens is 475 g/mol. The van der Waals surface area contributed by atoms with Gasteiger partial charge in [0.2, 0.25) is 0 Å². The van der Waals surface area contributed by atoms with E-state index in [2.05, 4.69) is 5.32 Å². The highest BCUT2D eigenvalue weighted by atomic mass is 32.2. The molecule has 34 heavy (non-hydrogen) atoms. The second kappa shape index (κ2) is 10.5. The van der Waals surface area contributed by atoms with Crippen molar-refractivity contribution in [2.24, 2.45) is 0 Å². The van der Waals surface area contributed by atoms with Crippen LogP contribution in [0.25, 0.3) is 6.08 Å². The summed E-state index contributed by atoms with van der Waals surface area (Å²) in [6.07, 6.45) is 1.73. The van der Waals surface area contributed by atoms with Gasteiger partial charge in [0.15, 0.2) is 10.9 Å². The van der Waals surface area contributed by atoms with Crippen molar-refractivity contribution in [1.82, 2.24) is 0 Å². The molecule has 3 aromatic carbocycles. The van der Waals surface area contributed by atoms with Gasteiger partial charge in [0, 0.05) is 5.69 Å². The molecule has 1 aliphatic rings. The van der Waals surface area contributed by atoms with E-state index in [1.54, 1.807) is 55.7 Å². The Bertz CT molecular complexity index is 1260. The number of rotatable bonds is 7. The molecule has 1 heterocycles. The zero-order valence-electron chi connectivity index (χ0n) is 18.0. The van der Waals surface area contributed by atoms with Crippen molar-refractivity contribution in [3.63, 3.8) is 0 Å². The first-order valence-corrected chi connectivity index (χ1v) is 11.4. The lowest BCUT2D eigenvalue weighted by atomic mass is 10.2. The molecule has 6 nitrogen and oxygen atoms in total. The highest BCUT2D eigenvalue weighted by Crippen LogP contribution is 2.36. The third-order valence-electron chi connectivity index (χ3n) is 4.78. The largest absolute Gasteiger partial charge is 0.497 e. The Morgan fingerprint density at radius 1 is 1.09 bits per heavy atom. The third kappa shape index (κ3) is 5.62. The predicted molar refractivity (Wildman–Crippen MR) is 136 cm³/mol. The number of ether oxygens (including phenoxy) is 2. The fourth-order valence-corrected chi connectivity index (χ4v) is 4.45. The molecule has 0 saturated carbocycles. The number of anilines is 2. The Labute approximate surface area is 205 Å². The van der Waals surface area contributed by atoms with Crippen LogP contribution in [-0.4, -0.2) is 29.9 Å². The maximum atomic E-state index is 13.0. The van der Waals surface area contributed by atoms with Crippen LogP contribution < -0.4 is 19.7 Å². The molecule has 3 aromatic rings. The lowest BCUT2D eigenvalue weighted by Gasteiger charge is -2.14. The molecule has 1 aliphatic heterocycles. The van der Waals surface area contributed by atoms with Crippen LogP contribution in [0.15, 0.2) is 77.7 Å². The van der Waals surface area contributed by atoms with Crippen molar-refractivity contribution >= 4 is 57.6 Å². The first-order chi connectivity index (χ1) is 16.4. The number of nitrogens with zero attached hydrogens (tertiary/aromatic N) is 1. The predicted octanol–water partition coefficient (Wildman–Crippen LogP) is 5.26. The summed E-state index contributed by atoms with van der Waals surface area (Å²) >= 11 is 6.63. The number of halogens is 1. The van der Waals surface area contributed by atoms with E-state index >= 15 is 0 Å². The van der Waals surface area contributed by atoms with Gasteiger partial charge in [0.1, 0.15) is 17.3 Å². The van der Waals surface area contributed by atoms with Crippen LogP contribution in [0.1, 0.15) is 5.56 Å². The van der Waals surface area contributed by atoms with Crippen molar-refractivity contribution in [1.29, 1.82) is 0 Å². The van der Waals surface area contributed by atoms with Crippen LogP contribution in [0.5, 0.6) is 11.5 Å². The first-order valence-electron chi connectivity index (χ1n) is 10.1. The standard InChI is InChI=1S/C25H19FN2O4S2/c1-31-20-11-9-19(10-12-20)28-24(30)22(34-25(28)33)14-16-3-2-4-21(13-16)32-15-23(29)27-18-7-5-17(26)6-8-18/h2-14H,15H2,1H3,(H,27,29)/b22-14-. The first kappa shape index (κ1) is 23.5. The van der Waals surface area contributed by atoms with Gasteiger partial charge in [-0.2, -0.15) is 0 Å². The van der Waals surface area contributed by atoms with Crippen LogP contribution >= 0.6 is 24.0 Å². The molecule has 0 bridgehead atoms. The molecule has 0 spiro atoms. The van der Waals surface area contributed by atoms with Crippen molar-refractivity contribution in [3.8, 4) is 11.5 Å². The van der Waals surface area contributed by atoms with Crippen molar-refractivity contribution < 1.29 is 23.5 Å². The van der Waals surface area contributed by atoms with Crippen LogP contribution in [0.3, 0.4) is 0 Å². The molecule has 0 aliphatic carbocycles. The summed E-state index contributed by atoms with van der Waals surface area (Å²) in [4.78, 5) is 27.0. The van der Waals surface area contributed by atoms with Crippen LogP contribution in [0, 0.1) is 5.82 Å². The van der Waals surface area contributed by atoms with Gasteiger partial charge in [-0.1, -0.05) is 36.1 Å². The van der Waals surface area contributed by atoms with E-state index in [1.165, 1.54) is 40.9 Å². The fraction of sp³-hybridized carbons (Fsp3) is 0.0800. The van der Waals surface area contributed by atoms with E-state index in [1.807, 2.05) is 6.07 Å². The molecule has 9 heteroatoms. The zero-order chi connectivity index (χ0) is 24.1. The van der Waals surface area contributed by atoms with Gasteiger partial charge in [0.25, 0.3) is 11.8 Å². The zero-order valence-corrected chi connectivity index (χ0v) is 19.6. The summed E-state index contributed by atoms with van der Waals surface area (Å²) in [5.41, 5.74) is 1.87. The topological polar surface area (TPSA) is 67.9 Å². The monoisotopic (exact) mass is 494 g/mol. The van der Waals surface area contributed by atoms with Gasteiger partial charge in [0.05, 0.1) is 17.7 Å².